The van der Waals surface area contributed by atoms with Gasteiger partial charge in [-0.05, 0) is 42.3 Å². The second kappa shape index (κ2) is 5.75. The molecule has 0 heterocycles. The minimum atomic E-state index is -4.33. The molecule has 0 fully saturated rings. The summed E-state index contributed by atoms with van der Waals surface area (Å²) in [6.45, 7) is 2.30. The number of hydrogen-bond donors (Lipinski definition) is 1. The second-order valence-corrected chi connectivity index (χ2v) is 4.93. The molecular weight excluding hydrogens is 287 g/mol. The minimum absolute atomic E-state index is 0.375. The van der Waals surface area contributed by atoms with E-state index in [1.54, 1.807) is 6.07 Å². The van der Waals surface area contributed by atoms with Crippen LogP contribution in [-0.4, -0.2) is 0 Å². The molecule has 1 nitrogen and oxygen atoms in total. The number of rotatable bonds is 3. The first kappa shape index (κ1) is 14.7. The van der Waals surface area contributed by atoms with Gasteiger partial charge in [0, 0.05) is 17.3 Å². The van der Waals surface area contributed by atoms with Crippen molar-refractivity contribution in [3.05, 3.63) is 64.2 Å². The van der Waals surface area contributed by atoms with E-state index in [0.717, 1.165) is 23.3 Å². The second-order valence-electron chi connectivity index (χ2n) is 4.53. The summed E-state index contributed by atoms with van der Waals surface area (Å²) in [6, 6.07) is 10.7. The highest BCUT2D eigenvalue weighted by molar-refractivity contribution is 6.31. The van der Waals surface area contributed by atoms with Crippen molar-refractivity contribution >= 4 is 17.3 Å². The standard InChI is InChI=1S/C15H13ClF3N/c1-10-5-6-11(14(16)7-10)9-20-13-4-2-3-12(8-13)15(17,18)19/h2-8,20H,9H2,1H3. The average molecular weight is 300 g/mol. The van der Waals surface area contributed by atoms with Gasteiger partial charge in [0.25, 0.3) is 0 Å². The molecule has 0 unspecified atom stereocenters. The smallest absolute Gasteiger partial charge is 0.381 e. The van der Waals surface area contributed by atoms with Crippen LogP contribution in [0.15, 0.2) is 42.5 Å². The molecule has 0 saturated carbocycles. The molecule has 2 aromatic carbocycles. The van der Waals surface area contributed by atoms with E-state index in [9.17, 15) is 13.2 Å². The fraction of sp³-hybridized carbons (Fsp3) is 0.200. The molecule has 0 aliphatic heterocycles. The summed E-state index contributed by atoms with van der Waals surface area (Å²) >= 11 is 6.08. The van der Waals surface area contributed by atoms with Gasteiger partial charge in [-0.2, -0.15) is 13.2 Å². The third kappa shape index (κ3) is 3.67. The van der Waals surface area contributed by atoms with Crippen LogP contribution >= 0.6 is 11.6 Å². The summed E-state index contributed by atoms with van der Waals surface area (Å²) in [6.07, 6.45) is -4.33. The van der Waals surface area contributed by atoms with Gasteiger partial charge in [-0.1, -0.05) is 29.8 Å². The highest BCUT2D eigenvalue weighted by Gasteiger charge is 2.30. The summed E-state index contributed by atoms with van der Waals surface area (Å²) in [5.41, 5.74) is 1.63. The number of benzene rings is 2. The van der Waals surface area contributed by atoms with E-state index in [-0.39, 0.29) is 0 Å². The zero-order chi connectivity index (χ0) is 14.8. The molecule has 1 N–H and O–H groups in total. The van der Waals surface area contributed by atoms with Crippen molar-refractivity contribution in [2.75, 3.05) is 5.32 Å². The molecule has 0 aliphatic carbocycles. The van der Waals surface area contributed by atoms with Crippen molar-refractivity contribution in [1.29, 1.82) is 0 Å². The number of anilines is 1. The van der Waals surface area contributed by atoms with E-state index in [0.29, 0.717) is 17.3 Å². The molecule has 20 heavy (non-hydrogen) atoms. The number of nitrogens with one attached hydrogen (secondary N) is 1. The van der Waals surface area contributed by atoms with E-state index < -0.39 is 11.7 Å². The molecule has 0 spiro atoms. The molecule has 5 heteroatoms. The first-order valence-corrected chi connectivity index (χ1v) is 6.40. The van der Waals surface area contributed by atoms with Crippen LogP contribution in [0, 0.1) is 6.92 Å². The van der Waals surface area contributed by atoms with Crippen molar-refractivity contribution in [1.82, 2.24) is 0 Å². The van der Waals surface area contributed by atoms with Crippen molar-refractivity contribution in [3.8, 4) is 0 Å². The van der Waals surface area contributed by atoms with Gasteiger partial charge in [-0.3, -0.25) is 0 Å². The van der Waals surface area contributed by atoms with Gasteiger partial charge in [0.2, 0.25) is 0 Å². The van der Waals surface area contributed by atoms with Crippen molar-refractivity contribution in [2.45, 2.75) is 19.6 Å². The van der Waals surface area contributed by atoms with Gasteiger partial charge in [0.15, 0.2) is 0 Å². The zero-order valence-electron chi connectivity index (χ0n) is 10.8. The van der Waals surface area contributed by atoms with Crippen LogP contribution in [-0.2, 0) is 12.7 Å². The average Bonchev–Trinajstić information content (AvgIpc) is 2.37. The minimum Gasteiger partial charge on any atom is -0.381 e. The first-order chi connectivity index (χ1) is 9.36. The molecule has 2 aromatic rings. The fourth-order valence-electron chi connectivity index (χ4n) is 1.80. The molecule has 0 bridgehead atoms. The Morgan fingerprint density at radius 2 is 1.85 bits per heavy atom. The van der Waals surface area contributed by atoms with Crippen LogP contribution in [0.2, 0.25) is 5.02 Å². The Hall–Kier alpha value is -1.68. The maximum Gasteiger partial charge on any atom is 0.416 e. The van der Waals surface area contributed by atoms with E-state index in [1.165, 1.54) is 6.07 Å². The first-order valence-electron chi connectivity index (χ1n) is 6.02. The Labute approximate surface area is 120 Å². The molecular formula is C15H13ClF3N. The summed E-state index contributed by atoms with van der Waals surface area (Å²) in [4.78, 5) is 0. The van der Waals surface area contributed by atoms with Crippen LogP contribution in [0.3, 0.4) is 0 Å². The molecule has 0 radical (unpaired) electrons. The maximum absolute atomic E-state index is 12.6. The fourth-order valence-corrected chi connectivity index (χ4v) is 2.10. The Kier molecular flexibility index (Phi) is 4.23. The molecule has 2 rings (SSSR count). The predicted octanol–water partition coefficient (Wildman–Crippen LogP) is 5.28. The zero-order valence-corrected chi connectivity index (χ0v) is 11.5. The molecule has 0 aliphatic rings. The van der Waals surface area contributed by atoms with E-state index in [4.69, 9.17) is 11.6 Å². The predicted molar refractivity (Wildman–Crippen MR) is 75.0 cm³/mol. The Bertz CT molecular complexity index is 608. The lowest BCUT2D eigenvalue weighted by molar-refractivity contribution is -0.137. The summed E-state index contributed by atoms with van der Waals surface area (Å²) < 4.78 is 37.8. The topological polar surface area (TPSA) is 12.0 Å². The maximum atomic E-state index is 12.6. The Balaban J connectivity index is 2.11. The van der Waals surface area contributed by atoms with E-state index >= 15 is 0 Å². The van der Waals surface area contributed by atoms with E-state index in [1.807, 2.05) is 25.1 Å². The highest BCUT2D eigenvalue weighted by atomic mass is 35.5. The lowest BCUT2D eigenvalue weighted by atomic mass is 10.1. The quantitative estimate of drug-likeness (QED) is 0.813. The molecule has 106 valence electrons. The molecule has 0 atom stereocenters. The molecule has 0 amide bonds. The van der Waals surface area contributed by atoms with Crippen LogP contribution in [0.25, 0.3) is 0 Å². The number of aryl methyl sites for hydroxylation is 1. The lowest BCUT2D eigenvalue weighted by Crippen LogP contribution is -2.06. The molecule has 0 saturated heterocycles. The van der Waals surface area contributed by atoms with Crippen molar-refractivity contribution in [2.24, 2.45) is 0 Å². The third-order valence-electron chi connectivity index (χ3n) is 2.88. The van der Waals surface area contributed by atoms with Gasteiger partial charge >= 0.3 is 6.18 Å². The van der Waals surface area contributed by atoms with Crippen LogP contribution in [0.1, 0.15) is 16.7 Å². The van der Waals surface area contributed by atoms with Crippen LogP contribution in [0.5, 0.6) is 0 Å². The Morgan fingerprint density at radius 3 is 2.50 bits per heavy atom. The third-order valence-corrected chi connectivity index (χ3v) is 3.23. The number of alkyl halides is 3. The van der Waals surface area contributed by atoms with Gasteiger partial charge in [0.05, 0.1) is 5.56 Å². The van der Waals surface area contributed by atoms with Crippen molar-refractivity contribution < 1.29 is 13.2 Å². The lowest BCUT2D eigenvalue weighted by Gasteiger charge is -2.11. The van der Waals surface area contributed by atoms with E-state index in [2.05, 4.69) is 5.32 Å². The van der Waals surface area contributed by atoms with Crippen LogP contribution in [0.4, 0.5) is 18.9 Å². The monoisotopic (exact) mass is 299 g/mol. The number of halogens is 4. The SMILES string of the molecule is Cc1ccc(CNc2cccc(C(F)(F)F)c2)c(Cl)c1. The van der Waals surface area contributed by atoms with Gasteiger partial charge in [-0.25, -0.2) is 0 Å². The largest absolute Gasteiger partial charge is 0.416 e. The van der Waals surface area contributed by atoms with Crippen molar-refractivity contribution in [3.63, 3.8) is 0 Å². The summed E-state index contributed by atoms with van der Waals surface area (Å²) in [5.74, 6) is 0. The van der Waals surface area contributed by atoms with Gasteiger partial charge < -0.3 is 5.32 Å². The number of hydrogen-bond acceptors (Lipinski definition) is 1. The summed E-state index contributed by atoms with van der Waals surface area (Å²) in [5, 5.41) is 3.55. The normalized spacial score (nSPS) is 11.4. The van der Waals surface area contributed by atoms with Gasteiger partial charge in [-0.15, -0.1) is 0 Å². The van der Waals surface area contributed by atoms with Crippen LogP contribution < -0.4 is 5.32 Å². The molecule has 0 aromatic heterocycles. The van der Waals surface area contributed by atoms with Gasteiger partial charge in [0.1, 0.15) is 0 Å². The Morgan fingerprint density at radius 1 is 1.10 bits per heavy atom. The highest BCUT2D eigenvalue weighted by Crippen LogP contribution is 2.30. The summed E-state index contributed by atoms with van der Waals surface area (Å²) in [7, 11) is 0.